The minimum absolute atomic E-state index is 0.546. The Kier molecular flexibility index (Phi) is 7.40. The summed E-state index contributed by atoms with van der Waals surface area (Å²) in [6.45, 7) is 5.86. The summed E-state index contributed by atoms with van der Waals surface area (Å²) in [6.07, 6.45) is 18.0. The molecule has 1 fully saturated rings. The van der Waals surface area contributed by atoms with Crippen molar-refractivity contribution >= 4 is 0 Å². The zero-order valence-electron chi connectivity index (χ0n) is 9.79. The van der Waals surface area contributed by atoms with E-state index in [2.05, 4.69) is 43.8 Å². The summed E-state index contributed by atoms with van der Waals surface area (Å²) in [5, 5.41) is 3.35. The van der Waals surface area contributed by atoms with Crippen LogP contribution in [0.2, 0.25) is 0 Å². The Hall–Kier alpha value is -1.26. The first-order chi connectivity index (χ1) is 7.33. The van der Waals surface area contributed by atoms with Gasteiger partial charge in [-0.05, 0) is 44.4 Å². The van der Waals surface area contributed by atoms with Crippen molar-refractivity contribution in [1.82, 2.24) is 5.32 Å². The molecule has 0 radical (unpaired) electrons. The van der Waals surface area contributed by atoms with Gasteiger partial charge in [-0.1, -0.05) is 24.8 Å². The maximum atomic E-state index is 4.00. The van der Waals surface area contributed by atoms with Gasteiger partial charge in [0, 0.05) is 6.04 Å². The van der Waals surface area contributed by atoms with E-state index in [1.807, 2.05) is 13.1 Å². The van der Waals surface area contributed by atoms with Crippen molar-refractivity contribution in [2.75, 3.05) is 7.05 Å². The summed E-state index contributed by atoms with van der Waals surface area (Å²) < 4.78 is 0. The summed E-state index contributed by atoms with van der Waals surface area (Å²) in [5.41, 5.74) is 2.90. The van der Waals surface area contributed by atoms with Crippen LogP contribution in [-0.4, -0.2) is 13.1 Å². The highest BCUT2D eigenvalue weighted by atomic mass is 14.9. The van der Waals surface area contributed by atoms with Crippen LogP contribution in [0.15, 0.2) is 36.0 Å². The van der Waals surface area contributed by atoms with Crippen LogP contribution >= 0.6 is 0 Å². The van der Waals surface area contributed by atoms with Gasteiger partial charge in [-0.3, -0.25) is 0 Å². The molecular formula is C14H21N. The van der Waals surface area contributed by atoms with Gasteiger partial charge in [0.25, 0.3) is 0 Å². The molecule has 0 aromatic carbocycles. The van der Waals surface area contributed by atoms with Crippen molar-refractivity contribution in [3.63, 3.8) is 0 Å². The van der Waals surface area contributed by atoms with Crippen molar-refractivity contribution in [3.8, 4) is 12.8 Å². The summed E-state index contributed by atoms with van der Waals surface area (Å²) in [5.74, 6) is 0. The highest BCUT2D eigenvalue weighted by Crippen LogP contribution is 2.28. The summed E-state index contributed by atoms with van der Waals surface area (Å²) >= 11 is 0. The topological polar surface area (TPSA) is 12.0 Å². The van der Waals surface area contributed by atoms with Crippen LogP contribution in [-0.2, 0) is 0 Å². The van der Waals surface area contributed by atoms with Gasteiger partial charge in [0.2, 0.25) is 0 Å². The van der Waals surface area contributed by atoms with Crippen LogP contribution < -0.4 is 5.32 Å². The molecule has 1 atom stereocenters. The van der Waals surface area contributed by atoms with E-state index >= 15 is 0 Å². The first kappa shape index (κ1) is 13.7. The Morgan fingerprint density at radius 3 is 2.60 bits per heavy atom. The lowest BCUT2D eigenvalue weighted by Gasteiger charge is -2.27. The first-order valence-corrected chi connectivity index (χ1v) is 5.32. The summed E-state index contributed by atoms with van der Waals surface area (Å²) in [4.78, 5) is 0. The molecular weight excluding hydrogens is 182 g/mol. The van der Waals surface area contributed by atoms with Crippen LogP contribution in [0.4, 0.5) is 0 Å². The fourth-order valence-corrected chi connectivity index (χ4v) is 2.03. The van der Waals surface area contributed by atoms with E-state index in [-0.39, 0.29) is 0 Å². The van der Waals surface area contributed by atoms with Crippen LogP contribution in [0.3, 0.4) is 0 Å². The third-order valence-corrected chi connectivity index (χ3v) is 2.66. The second-order valence-corrected chi connectivity index (χ2v) is 3.41. The van der Waals surface area contributed by atoms with E-state index in [1.165, 1.54) is 30.4 Å². The van der Waals surface area contributed by atoms with Crippen LogP contribution in [0.25, 0.3) is 0 Å². The van der Waals surface area contributed by atoms with Crippen LogP contribution in [0.5, 0.6) is 0 Å². The second kappa shape index (κ2) is 8.08. The van der Waals surface area contributed by atoms with Crippen molar-refractivity contribution in [3.05, 3.63) is 36.0 Å². The van der Waals surface area contributed by atoms with Gasteiger partial charge >= 0.3 is 0 Å². The normalized spacial score (nSPS) is 25.7. The van der Waals surface area contributed by atoms with Gasteiger partial charge in [-0.25, -0.2) is 0 Å². The maximum absolute atomic E-state index is 4.00. The van der Waals surface area contributed by atoms with E-state index in [0.717, 1.165) is 0 Å². The largest absolute Gasteiger partial charge is 0.313 e. The highest BCUT2D eigenvalue weighted by Gasteiger charge is 2.19. The van der Waals surface area contributed by atoms with Gasteiger partial charge in [0.15, 0.2) is 0 Å². The van der Waals surface area contributed by atoms with Crippen molar-refractivity contribution in [1.29, 1.82) is 0 Å². The second-order valence-electron chi connectivity index (χ2n) is 3.41. The number of nitrogens with one attached hydrogen (secondary N) is 1. The van der Waals surface area contributed by atoms with Crippen molar-refractivity contribution in [2.24, 2.45) is 0 Å². The average molecular weight is 203 g/mol. The predicted molar refractivity (Wildman–Crippen MR) is 68.6 cm³/mol. The molecule has 0 aliphatic heterocycles. The Bertz CT molecular complexity index is 268. The number of hydrogen-bond donors (Lipinski definition) is 1. The molecule has 82 valence electrons. The number of terminal acetylenes is 1. The summed E-state index contributed by atoms with van der Waals surface area (Å²) in [7, 11) is 2.03. The minimum Gasteiger partial charge on any atom is -0.313 e. The smallest absolute Gasteiger partial charge is 0.0317 e. The number of rotatable bonds is 2. The van der Waals surface area contributed by atoms with Gasteiger partial charge in [-0.15, -0.1) is 12.8 Å². The zero-order valence-corrected chi connectivity index (χ0v) is 9.79. The predicted octanol–water partition coefficient (Wildman–Crippen LogP) is 3.07. The zero-order chi connectivity index (χ0) is 11.7. The monoisotopic (exact) mass is 203 g/mol. The van der Waals surface area contributed by atoms with E-state index in [9.17, 15) is 0 Å². The molecule has 0 saturated heterocycles. The molecule has 1 N–H and O–H groups in total. The minimum atomic E-state index is 0.546. The molecule has 1 aliphatic carbocycles. The van der Waals surface area contributed by atoms with Crippen LogP contribution in [0, 0.1) is 12.8 Å². The number of hydrogen-bond acceptors (Lipinski definition) is 1. The van der Waals surface area contributed by atoms with Gasteiger partial charge < -0.3 is 5.32 Å². The van der Waals surface area contributed by atoms with Crippen molar-refractivity contribution < 1.29 is 0 Å². The summed E-state index contributed by atoms with van der Waals surface area (Å²) in [6, 6.07) is 0.546. The molecule has 0 spiro atoms. The molecule has 0 amide bonds. The lowest BCUT2D eigenvalue weighted by Crippen LogP contribution is -2.30. The third kappa shape index (κ3) is 3.77. The molecule has 0 heterocycles. The fraction of sp³-hybridized carbons (Fsp3) is 0.429. The molecule has 0 aromatic heterocycles. The SMILES string of the molecule is C#C.C=C/C=C1/CCCC(NC)/C1=C/C. The quantitative estimate of drug-likeness (QED) is 0.680. The van der Waals surface area contributed by atoms with Gasteiger partial charge in [0.1, 0.15) is 0 Å². The molecule has 1 heteroatoms. The van der Waals surface area contributed by atoms with E-state index in [0.29, 0.717) is 6.04 Å². The molecule has 1 unspecified atom stereocenters. The van der Waals surface area contributed by atoms with Gasteiger partial charge in [0.05, 0.1) is 0 Å². The van der Waals surface area contributed by atoms with Crippen LogP contribution in [0.1, 0.15) is 26.2 Å². The Balaban J connectivity index is 0.000000921. The lowest BCUT2D eigenvalue weighted by molar-refractivity contribution is 0.529. The number of likely N-dealkylation sites (N-methyl/N-ethyl adjacent to an activating group) is 1. The molecule has 15 heavy (non-hydrogen) atoms. The third-order valence-electron chi connectivity index (χ3n) is 2.66. The highest BCUT2D eigenvalue weighted by molar-refractivity contribution is 5.38. The van der Waals surface area contributed by atoms with Gasteiger partial charge in [-0.2, -0.15) is 0 Å². The fourth-order valence-electron chi connectivity index (χ4n) is 2.03. The Morgan fingerprint density at radius 1 is 1.47 bits per heavy atom. The lowest BCUT2D eigenvalue weighted by atomic mass is 9.85. The molecule has 0 bridgehead atoms. The van der Waals surface area contributed by atoms with E-state index in [1.54, 1.807) is 0 Å². The molecule has 1 rings (SSSR count). The molecule has 1 nitrogen and oxygen atoms in total. The standard InChI is InChI=1S/C12H19N.C2H2/c1-4-7-10-8-6-9-12(13-3)11(10)5-2;1-2/h4-5,7,12-13H,1,6,8-9H2,2-3H3;1-2H/b10-7-,11-5+;. The van der Waals surface area contributed by atoms with E-state index in [4.69, 9.17) is 0 Å². The first-order valence-electron chi connectivity index (χ1n) is 5.32. The Labute approximate surface area is 94.0 Å². The maximum Gasteiger partial charge on any atom is 0.0317 e. The Morgan fingerprint density at radius 2 is 2.13 bits per heavy atom. The van der Waals surface area contributed by atoms with E-state index < -0.39 is 0 Å². The molecule has 1 saturated carbocycles. The number of allylic oxidation sites excluding steroid dienone is 3. The average Bonchev–Trinajstić information content (AvgIpc) is 2.31. The van der Waals surface area contributed by atoms with Crippen molar-refractivity contribution in [2.45, 2.75) is 32.2 Å². The molecule has 0 aromatic rings. The molecule has 1 aliphatic rings.